The topological polar surface area (TPSA) is 234 Å². The standard InChI is InChI=1S/C17H17N4O3S.C9H7N2O.C6H5ClO2S.C2H8N2O.2C2H6.CH4O.2Y/c1-14-7-8-20-17(11-14)15(12-18-20)13-19-21(9-10-22)25(23,24)16-5-3-2-4-6-16;1-7-2-3-11-9(4-7)8(6-12)5-10-11;7-10(8,9)6-4-2-1-3-5-6;3-4-1-2-5;3*1-2;;/h2-8,11,13,22H,9-10H2,1H3;2-4,6H,1H3;1-5H;4-5H,1-3H2;2*1-2H3;2H,1H3;;/q2*-1;;;;;;;/b19-13+;;;;;;;;. The Balaban J connectivity index is -0.000000779. The number of hydrazine groups is 1. The average molecular weight is 1040 g/mol. The number of nitrogens with two attached hydrogens (primary N) is 1. The molecule has 324 valence electrons. The molecule has 0 saturated heterocycles. The van der Waals surface area contributed by atoms with Crippen molar-refractivity contribution in [3.63, 3.8) is 0 Å². The second-order valence-corrected chi connectivity index (χ2v) is 14.9. The van der Waals surface area contributed by atoms with Crippen LogP contribution in [0, 0.1) is 26.2 Å². The van der Waals surface area contributed by atoms with E-state index in [0.717, 1.165) is 40.0 Å². The van der Waals surface area contributed by atoms with E-state index in [0.29, 0.717) is 17.7 Å². The number of pyridine rings is 2. The summed E-state index contributed by atoms with van der Waals surface area (Å²) in [5.74, 6) is 4.73. The fraction of sp³-hybridized carbons (Fsp3) is 0.282. The van der Waals surface area contributed by atoms with Gasteiger partial charge in [-0.2, -0.15) is 12.8 Å². The molecule has 0 aliphatic heterocycles. The number of carbonyl (C=O) groups excluding carboxylic acids is 1. The first-order chi connectivity index (χ1) is 27.8. The smallest absolute Gasteiger partial charge is 0.278 e. The van der Waals surface area contributed by atoms with Crippen molar-refractivity contribution in [3.05, 3.63) is 132 Å². The second-order valence-electron chi connectivity index (χ2n) is 10.5. The van der Waals surface area contributed by atoms with Gasteiger partial charge in [-0.3, -0.25) is 21.5 Å². The third kappa shape index (κ3) is 21.3. The Morgan fingerprint density at radius 1 is 0.767 bits per heavy atom. The number of nitrogens with zero attached hydrogens (tertiary/aromatic N) is 6. The maximum absolute atomic E-state index is 12.7. The van der Waals surface area contributed by atoms with Crippen LogP contribution in [-0.4, -0.2) is 102 Å². The van der Waals surface area contributed by atoms with Crippen LogP contribution < -0.4 is 11.3 Å². The Kier molecular flexibility index (Phi) is 35.6. The number of nitrogens with one attached hydrogen (secondary N) is 1. The first-order valence-corrected chi connectivity index (χ1v) is 21.5. The molecule has 21 heteroatoms. The van der Waals surface area contributed by atoms with Crippen LogP contribution in [0.5, 0.6) is 0 Å². The normalized spacial score (nSPS) is 10.0. The van der Waals surface area contributed by atoms with Gasteiger partial charge in [-0.05, 0) is 73.7 Å². The Labute approximate surface area is 408 Å². The van der Waals surface area contributed by atoms with Crippen LogP contribution in [0.4, 0.5) is 0 Å². The maximum Gasteiger partial charge on any atom is 0.278 e. The summed E-state index contributed by atoms with van der Waals surface area (Å²) in [5.41, 5.74) is 7.08. The van der Waals surface area contributed by atoms with Crippen LogP contribution in [0.1, 0.15) is 54.7 Å². The van der Waals surface area contributed by atoms with Gasteiger partial charge in [0.05, 0.1) is 29.5 Å². The molecule has 0 saturated carbocycles. The minimum atomic E-state index is -3.84. The number of hydrogen-bond donors (Lipinski definition) is 5. The monoisotopic (exact) mass is 1040 g/mol. The van der Waals surface area contributed by atoms with Crippen molar-refractivity contribution in [1.82, 2.24) is 29.1 Å². The zero-order chi connectivity index (χ0) is 44.1. The Bertz CT molecular complexity index is 2280. The molecule has 0 aliphatic rings. The minimum absolute atomic E-state index is 0. The summed E-state index contributed by atoms with van der Waals surface area (Å²) >= 11 is 0. The van der Waals surface area contributed by atoms with Crippen molar-refractivity contribution in [2.75, 3.05) is 33.4 Å². The maximum atomic E-state index is 12.7. The number of halogens is 1. The van der Waals surface area contributed by atoms with Crippen LogP contribution in [0.2, 0.25) is 0 Å². The first-order valence-electron chi connectivity index (χ1n) is 17.8. The Morgan fingerprint density at radius 2 is 1.20 bits per heavy atom. The number of rotatable bonds is 10. The molecule has 60 heavy (non-hydrogen) atoms. The SMILES string of the molecule is CC.CC.CO.Cc1ccn2n[c-]c(/C=N/N(CCO)S(=O)(=O)c3ccccc3)c2c1.Cc1ccn2n[c-]c(C=O)c2c1.NNCCO.O=S(=O)(Cl)c1ccccc1.[Y].[Y]. The van der Waals surface area contributed by atoms with Crippen LogP contribution in [0.25, 0.3) is 11.0 Å². The van der Waals surface area contributed by atoms with E-state index in [9.17, 15) is 26.7 Å². The number of hydrogen-bond acceptors (Lipinski definition) is 13. The number of aryl methyl sites for hydroxylation is 2. The predicted octanol–water partition coefficient (Wildman–Crippen LogP) is 4.43. The van der Waals surface area contributed by atoms with E-state index in [1.807, 2.05) is 72.0 Å². The molecule has 2 radical (unpaired) electrons. The van der Waals surface area contributed by atoms with Crippen molar-refractivity contribution < 1.29 is 102 Å². The van der Waals surface area contributed by atoms with E-state index in [2.05, 4.69) is 33.1 Å². The number of aldehydes is 1. The van der Waals surface area contributed by atoms with Crippen molar-refractivity contribution in [2.24, 2.45) is 10.9 Å². The molecule has 6 N–H and O–H groups in total. The first kappa shape index (κ1) is 61.5. The summed E-state index contributed by atoms with van der Waals surface area (Å²) in [6.45, 7) is 12.0. The Hall–Kier alpha value is -2.84. The van der Waals surface area contributed by atoms with E-state index in [-0.39, 0.29) is 95.0 Å². The summed E-state index contributed by atoms with van der Waals surface area (Å²) in [5, 5.41) is 36.2. The molecule has 0 atom stereocenters. The summed E-state index contributed by atoms with van der Waals surface area (Å²) in [6, 6.07) is 23.5. The third-order valence-electron chi connectivity index (χ3n) is 6.61. The number of aliphatic hydroxyl groups excluding tert-OH is 3. The number of aromatic nitrogens is 4. The summed E-state index contributed by atoms with van der Waals surface area (Å²) in [7, 11) is -1.34. The van der Waals surface area contributed by atoms with Gasteiger partial charge in [0.2, 0.25) is 0 Å². The fourth-order valence-electron chi connectivity index (χ4n) is 4.09. The fourth-order valence-corrected chi connectivity index (χ4v) is 6.12. The van der Waals surface area contributed by atoms with Gasteiger partial charge in [0.15, 0.2) is 0 Å². The van der Waals surface area contributed by atoms with Crippen molar-refractivity contribution in [1.29, 1.82) is 0 Å². The number of carbonyl (C=O) groups is 1. The van der Waals surface area contributed by atoms with Crippen LogP contribution in [-0.2, 0) is 84.5 Å². The van der Waals surface area contributed by atoms with Gasteiger partial charge >= 0.3 is 0 Å². The molecule has 0 unspecified atom stereocenters. The average Bonchev–Trinajstić information content (AvgIpc) is 3.86. The number of sulfonamides is 1. The molecule has 2 aromatic carbocycles. The van der Waals surface area contributed by atoms with E-state index in [1.165, 1.54) is 30.5 Å². The summed E-state index contributed by atoms with van der Waals surface area (Å²) in [6.07, 6.45) is 11.2. The van der Waals surface area contributed by atoms with E-state index in [1.54, 1.807) is 51.6 Å². The number of hydrazone groups is 1. The van der Waals surface area contributed by atoms with Gasteiger partial charge < -0.3 is 29.1 Å². The third-order valence-corrected chi connectivity index (χ3v) is 9.68. The molecule has 4 heterocycles. The Morgan fingerprint density at radius 3 is 1.57 bits per heavy atom. The molecule has 0 bridgehead atoms. The molecule has 4 aromatic heterocycles. The van der Waals surface area contributed by atoms with Crippen LogP contribution in [0.3, 0.4) is 0 Å². The van der Waals surface area contributed by atoms with E-state index < -0.39 is 19.1 Å². The molecule has 16 nitrogen and oxygen atoms in total. The van der Waals surface area contributed by atoms with Gasteiger partial charge in [0, 0.05) is 108 Å². The zero-order valence-electron chi connectivity index (χ0n) is 34.7. The van der Waals surface area contributed by atoms with Gasteiger partial charge in [-0.15, -0.1) is 11.1 Å². The number of benzene rings is 2. The summed E-state index contributed by atoms with van der Waals surface area (Å²) in [4.78, 5) is 10.8. The second kappa shape index (κ2) is 34.7. The van der Waals surface area contributed by atoms with Crippen molar-refractivity contribution in [2.45, 2.75) is 51.3 Å². The van der Waals surface area contributed by atoms with Crippen molar-refractivity contribution in [3.8, 4) is 0 Å². The quantitative estimate of drug-likeness (QED) is 0.0321. The molecule has 0 amide bonds. The molecular weight excluding hydrogens is 986 g/mol. The van der Waals surface area contributed by atoms with E-state index >= 15 is 0 Å². The molecule has 0 aliphatic carbocycles. The molecular formula is C39H53ClN8O8S2Y2-2. The number of aliphatic hydroxyl groups is 3. The summed E-state index contributed by atoms with van der Waals surface area (Å²) < 4.78 is 50.7. The van der Waals surface area contributed by atoms with Crippen LogP contribution in [0.15, 0.2) is 112 Å². The largest absolute Gasteiger partial charge is 0.400 e. The minimum Gasteiger partial charge on any atom is -0.400 e. The van der Waals surface area contributed by atoms with Gasteiger partial charge in [-0.1, -0.05) is 93.6 Å². The van der Waals surface area contributed by atoms with E-state index in [4.69, 9.17) is 26.7 Å². The molecule has 6 aromatic rings. The predicted molar refractivity (Wildman–Crippen MR) is 228 cm³/mol. The van der Waals surface area contributed by atoms with Gasteiger partial charge in [0.1, 0.15) is 0 Å². The van der Waals surface area contributed by atoms with Crippen molar-refractivity contribution >= 4 is 53.3 Å². The molecule has 6 rings (SSSR count). The van der Waals surface area contributed by atoms with Crippen LogP contribution >= 0.6 is 10.7 Å². The molecule has 0 fully saturated rings. The molecule has 0 spiro atoms. The van der Waals surface area contributed by atoms with Gasteiger partial charge in [0.25, 0.3) is 19.1 Å². The van der Waals surface area contributed by atoms with Gasteiger partial charge in [-0.25, -0.2) is 13.5 Å². The number of fused-ring (bicyclic) bond motifs is 2. The zero-order valence-corrected chi connectivity index (χ0v) is 42.8.